The molecule has 0 amide bonds. The van der Waals surface area contributed by atoms with Crippen LogP contribution in [0.2, 0.25) is 10.0 Å². The van der Waals surface area contributed by atoms with Crippen LogP contribution in [0.15, 0.2) is 28.4 Å². The van der Waals surface area contributed by atoms with E-state index in [9.17, 15) is 4.79 Å². The molecule has 1 aromatic carbocycles. The molecule has 0 fully saturated rings. The number of nitrogens with one attached hydrogen (secondary N) is 1. The molecule has 20 heavy (non-hydrogen) atoms. The molecule has 102 valence electrons. The van der Waals surface area contributed by atoms with E-state index in [4.69, 9.17) is 35.4 Å². The number of nitrogens with zero attached hydrogens (tertiary/aromatic N) is 1. The van der Waals surface area contributed by atoms with Gasteiger partial charge >= 0.3 is 0 Å². The average molecular weight is 343 g/mol. The molecule has 2 aromatic heterocycles. The van der Waals surface area contributed by atoms with Crippen LogP contribution in [0.5, 0.6) is 0 Å². The molecule has 0 aliphatic carbocycles. The number of fused-ring (bicyclic) bond motifs is 1. The summed E-state index contributed by atoms with van der Waals surface area (Å²) in [4.78, 5) is 16.3. The number of aromatic nitrogens is 2. The third-order valence-corrected chi connectivity index (χ3v) is 4.82. The Kier molecular flexibility index (Phi) is 3.46. The van der Waals surface area contributed by atoms with E-state index in [-0.39, 0.29) is 5.56 Å². The predicted octanol–water partition coefficient (Wildman–Crippen LogP) is 4.73. The lowest BCUT2D eigenvalue weighted by molar-refractivity contribution is 0.943. The summed E-state index contributed by atoms with van der Waals surface area (Å²) in [6.07, 6.45) is 0. The zero-order chi connectivity index (χ0) is 14.4. The van der Waals surface area contributed by atoms with Gasteiger partial charge in [-0.05, 0) is 48.3 Å². The first kappa shape index (κ1) is 13.8. The Labute approximate surface area is 133 Å². The number of H-pyrrole nitrogens is 1. The van der Waals surface area contributed by atoms with Crippen molar-refractivity contribution in [1.29, 1.82) is 0 Å². The number of hydrogen-bond acceptors (Lipinski definition) is 3. The average Bonchev–Trinajstić information content (AvgIpc) is 2.83. The maximum absolute atomic E-state index is 12.5. The number of aromatic amines is 1. The van der Waals surface area contributed by atoms with Crippen molar-refractivity contribution < 1.29 is 0 Å². The number of aryl methyl sites for hydroxylation is 1. The molecular formula is C13H8Cl2N2OS2. The van der Waals surface area contributed by atoms with Gasteiger partial charge in [0.25, 0.3) is 5.56 Å². The fourth-order valence-corrected chi connectivity index (χ4v) is 3.55. The quantitative estimate of drug-likeness (QED) is 0.649. The lowest BCUT2D eigenvalue weighted by Gasteiger charge is -2.10. The smallest absolute Gasteiger partial charge is 0.267 e. The molecule has 0 aliphatic rings. The van der Waals surface area contributed by atoms with Crippen LogP contribution >= 0.6 is 46.8 Å². The Morgan fingerprint density at radius 3 is 2.80 bits per heavy atom. The van der Waals surface area contributed by atoms with Crippen molar-refractivity contribution in [3.05, 3.63) is 54.3 Å². The Morgan fingerprint density at radius 2 is 2.05 bits per heavy atom. The molecule has 0 radical (unpaired) electrons. The fraction of sp³-hybridized carbons (Fsp3) is 0.0769. The zero-order valence-corrected chi connectivity index (χ0v) is 13.4. The zero-order valence-electron chi connectivity index (χ0n) is 10.2. The molecule has 3 aromatic rings. The third-order valence-electron chi connectivity index (χ3n) is 2.99. The van der Waals surface area contributed by atoms with Crippen molar-refractivity contribution in [3.63, 3.8) is 0 Å². The second kappa shape index (κ2) is 5.00. The first-order chi connectivity index (χ1) is 9.49. The number of halogens is 2. The van der Waals surface area contributed by atoms with Crippen LogP contribution in [0, 0.1) is 11.7 Å². The molecule has 0 bridgehead atoms. The van der Waals surface area contributed by atoms with Crippen LogP contribution in [-0.2, 0) is 0 Å². The molecule has 0 atom stereocenters. The van der Waals surface area contributed by atoms with Crippen molar-refractivity contribution in [2.75, 3.05) is 0 Å². The second-order valence-corrected chi connectivity index (χ2v) is 6.40. The van der Waals surface area contributed by atoms with Gasteiger partial charge in [0.15, 0.2) is 4.77 Å². The van der Waals surface area contributed by atoms with Crippen molar-refractivity contribution >= 4 is 57.0 Å². The Balaban J connectivity index is 2.44. The fourth-order valence-electron chi connectivity index (χ4n) is 1.97. The van der Waals surface area contributed by atoms with Crippen molar-refractivity contribution in [1.82, 2.24) is 9.55 Å². The van der Waals surface area contributed by atoms with E-state index in [2.05, 4.69) is 4.98 Å². The number of rotatable bonds is 1. The largest absolute Gasteiger partial charge is 0.323 e. The minimum Gasteiger partial charge on any atom is -0.323 e. The van der Waals surface area contributed by atoms with E-state index >= 15 is 0 Å². The number of hydrogen-bond donors (Lipinski definition) is 1. The van der Waals surface area contributed by atoms with Gasteiger partial charge in [-0.2, -0.15) is 0 Å². The maximum Gasteiger partial charge on any atom is 0.267 e. The van der Waals surface area contributed by atoms with Gasteiger partial charge in [-0.1, -0.05) is 23.2 Å². The number of benzene rings is 1. The summed E-state index contributed by atoms with van der Waals surface area (Å²) in [6, 6.07) is 5.13. The van der Waals surface area contributed by atoms with Crippen LogP contribution in [0.4, 0.5) is 0 Å². The van der Waals surface area contributed by atoms with Crippen molar-refractivity contribution in [2.45, 2.75) is 6.92 Å². The molecule has 7 heteroatoms. The molecule has 3 nitrogen and oxygen atoms in total. The highest BCUT2D eigenvalue weighted by atomic mass is 35.5. The normalized spacial score (nSPS) is 11.2. The first-order valence-electron chi connectivity index (χ1n) is 5.67. The third kappa shape index (κ3) is 2.11. The van der Waals surface area contributed by atoms with Crippen molar-refractivity contribution in [2.24, 2.45) is 0 Å². The summed E-state index contributed by atoms with van der Waals surface area (Å²) in [5, 5.41) is 3.39. The van der Waals surface area contributed by atoms with E-state index in [1.165, 1.54) is 15.9 Å². The van der Waals surface area contributed by atoms with Gasteiger partial charge in [0, 0.05) is 5.02 Å². The van der Waals surface area contributed by atoms with E-state index in [1.54, 1.807) is 18.2 Å². The molecular weight excluding hydrogens is 335 g/mol. The van der Waals surface area contributed by atoms with Crippen LogP contribution < -0.4 is 5.56 Å². The van der Waals surface area contributed by atoms with Crippen molar-refractivity contribution in [3.8, 4) is 5.69 Å². The van der Waals surface area contributed by atoms with Gasteiger partial charge in [-0.3, -0.25) is 9.36 Å². The molecule has 2 heterocycles. The highest BCUT2D eigenvalue weighted by molar-refractivity contribution is 7.71. The lowest BCUT2D eigenvalue weighted by atomic mass is 10.2. The monoisotopic (exact) mass is 342 g/mol. The van der Waals surface area contributed by atoms with E-state index < -0.39 is 0 Å². The lowest BCUT2D eigenvalue weighted by Crippen LogP contribution is -2.20. The maximum atomic E-state index is 12.5. The van der Waals surface area contributed by atoms with Crippen LogP contribution in [0.25, 0.3) is 15.9 Å². The summed E-state index contributed by atoms with van der Waals surface area (Å²) in [7, 11) is 0. The first-order valence-corrected chi connectivity index (χ1v) is 7.72. The molecule has 0 saturated heterocycles. The van der Waals surface area contributed by atoms with Gasteiger partial charge in [-0.25, -0.2) is 0 Å². The van der Waals surface area contributed by atoms with Crippen LogP contribution in [0.1, 0.15) is 5.56 Å². The van der Waals surface area contributed by atoms with Gasteiger partial charge in [0.05, 0.1) is 16.1 Å². The predicted molar refractivity (Wildman–Crippen MR) is 87.4 cm³/mol. The minimum atomic E-state index is -0.202. The van der Waals surface area contributed by atoms with Gasteiger partial charge in [-0.15, -0.1) is 11.3 Å². The summed E-state index contributed by atoms with van der Waals surface area (Å²) >= 11 is 19.0. The topological polar surface area (TPSA) is 37.8 Å². The Hall–Kier alpha value is -1.14. The molecule has 0 unspecified atom stereocenters. The second-order valence-electron chi connectivity index (χ2n) is 4.29. The SMILES string of the molecule is Cc1cc(Cl)c(-n2c(=S)[nH]c3sccc3c2=O)cc1Cl. The van der Waals surface area contributed by atoms with Crippen LogP contribution in [-0.4, -0.2) is 9.55 Å². The molecule has 1 N–H and O–H groups in total. The summed E-state index contributed by atoms with van der Waals surface area (Å²) < 4.78 is 1.67. The number of thiophene rings is 1. The molecule has 0 aliphatic heterocycles. The highest BCUT2D eigenvalue weighted by Crippen LogP contribution is 2.27. The van der Waals surface area contributed by atoms with E-state index in [1.807, 2.05) is 12.3 Å². The molecule has 3 rings (SSSR count). The highest BCUT2D eigenvalue weighted by Gasteiger charge is 2.12. The van der Waals surface area contributed by atoms with E-state index in [0.717, 1.165) is 10.4 Å². The van der Waals surface area contributed by atoms with Gasteiger partial charge < -0.3 is 4.98 Å². The summed E-state index contributed by atoms with van der Waals surface area (Å²) in [6.45, 7) is 1.85. The summed E-state index contributed by atoms with van der Waals surface area (Å²) in [5.41, 5.74) is 1.13. The van der Waals surface area contributed by atoms with Gasteiger partial charge in [0.1, 0.15) is 4.83 Å². The Morgan fingerprint density at radius 1 is 1.30 bits per heavy atom. The Bertz CT molecular complexity index is 940. The standard InChI is InChI=1S/C13H8Cl2N2OS2/c1-6-4-9(15)10(5-8(6)14)17-12(18)7-2-3-20-11(7)16-13(17)19/h2-5H,1H3,(H,16,19). The summed E-state index contributed by atoms with van der Waals surface area (Å²) in [5.74, 6) is 0. The van der Waals surface area contributed by atoms with E-state index in [0.29, 0.717) is 25.9 Å². The molecule has 0 saturated carbocycles. The van der Waals surface area contributed by atoms with Crippen LogP contribution in [0.3, 0.4) is 0 Å². The van der Waals surface area contributed by atoms with Gasteiger partial charge in [0.2, 0.25) is 0 Å². The minimum absolute atomic E-state index is 0.202. The molecule has 0 spiro atoms.